The number of likely N-dealkylation sites (tertiary alicyclic amines) is 1. The Morgan fingerprint density at radius 3 is 2.27 bits per heavy atom. The van der Waals surface area contributed by atoms with Crippen LogP contribution < -0.4 is 37.1 Å². The van der Waals surface area contributed by atoms with Gasteiger partial charge >= 0.3 is 0 Å². The molecule has 16 heteroatoms. The highest BCUT2D eigenvalue weighted by molar-refractivity contribution is 7.99. The number of nitrogens with zero attached hydrogens (tertiary/aromatic N) is 1. The Morgan fingerprint density at radius 1 is 0.883 bits per heavy atom. The summed E-state index contributed by atoms with van der Waals surface area (Å²) >= 11 is 1.54. The van der Waals surface area contributed by atoms with Crippen LogP contribution in [0.5, 0.6) is 5.75 Å². The molecule has 0 unspecified atom stereocenters. The first-order chi connectivity index (χ1) is 28.6. The van der Waals surface area contributed by atoms with E-state index in [2.05, 4.69) is 31.5 Å². The van der Waals surface area contributed by atoms with Crippen molar-refractivity contribution < 1.29 is 38.6 Å². The molecule has 15 nitrogen and oxygen atoms in total. The Kier molecular flexibility index (Phi) is 19.2. The normalized spacial score (nSPS) is 18.9. The van der Waals surface area contributed by atoms with Gasteiger partial charge < -0.3 is 42.2 Å². The molecule has 2 fully saturated rings. The number of carbonyl (C=O) groups excluding carboxylic acids is 6. The van der Waals surface area contributed by atoms with Crippen LogP contribution in [0.2, 0.25) is 0 Å². The second-order valence-corrected chi connectivity index (χ2v) is 18.0. The van der Waals surface area contributed by atoms with Gasteiger partial charge in [0.1, 0.15) is 5.75 Å². The van der Waals surface area contributed by atoms with E-state index in [9.17, 15) is 33.9 Å². The van der Waals surface area contributed by atoms with Gasteiger partial charge in [0.25, 0.3) is 5.91 Å². The molecule has 1 saturated carbocycles. The minimum atomic E-state index is -0.961. The van der Waals surface area contributed by atoms with Crippen LogP contribution in [0.15, 0.2) is 53.4 Å². The molecule has 330 valence electrons. The number of aliphatic hydroxyl groups is 1. The number of primary amides is 1. The number of aliphatic hydroxyl groups excluding tert-OH is 1. The Balaban J connectivity index is 1.32. The number of β-amino-alcohol motifs (C(OH)–C–C–N with tert-alkyl or cyclic N) is 1. The number of benzene rings is 2. The number of ether oxygens (including phenoxy) is 1. The van der Waals surface area contributed by atoms with Crippen LogP contribution in [-0.2, 0) is 24.0 Å². The molecule has 0 radical (unpaired) electrons. The second kappa shape index (κ2) is 23.9. The van der Waals surface area contributed by atoms with Crippen LogP contribution in [0, 0.1) is 18.8 Å². The minimum Gasteiger partial charge on any atom is -0.493 e. The zero-order valence-electron chi connectivity index (χ0n) is 35.6. The molecule has 2 aliphatic rings. The number of hydrogen-bond donors (Lipinski definition) is 7. The van der Waals surface area contributed by atoms with Crippen LogP contribution in [0.25, 0.3) is 0 Å². The van der Waals surface area contributed by atoms with Crippen molar-refractivity contribution in [2.24, 2.45) is 17.6 Å². The summed E-state index contributed by atoms with van der Waals surface area (Å²) in [6.07, 6.45) is 5.37. The number of hydrogen-bond acceptors (Lipinski definition) is 10. The van der Waals surface area contributed by atoms with Crippen LogP contribution >= 0.6 is 11.8 Å². The molecule has 0 aromatic heterocycles. The van der Waals surface area contributed by atoms with Gasteiger partial charge in [-0.05, 0) is 89.5 Å². The topological polar surface area (TPSA) is 221 Å². The molecular formula is C44H65N7O8S. The van der Waals surface area contributed by atoms with E-state index in [1.807, 2.05) is 51.1 Å². The number of carbonyl (C=O) groups is 6. The Hall–Kier alpha value is -4.67. The van der Waals surface area contributed by atoms with Crippen molar-refractivity contribution in [1.82, 2.24) is 31.5 Å². The third-order valence-electron chi connectivity index (χ3n) is 10.8. The van der Waals surface area contributed by atoms with Crippen molar-refractivity contribution in [1.29, 1.82) is 0 Å². The van der Waals surface area contributed by atoms with Gasteiger partial charge in [0.2, 0.25) is 29.5 Å². The molecule has 0 spiro atoms. The molecule has 1 heterocycles. The predicted molar refractivity (Wildman–Crippen MR) is 231 cm³/mol. The lowest BCUT2D eigenvalue weighted by molar-refractivity contribution is -0.132. The first-order valence-corrected chi connectivity index (χ1v) is 22.1. The highest BCUT2D eigenvalue weighted by Crippen LogP contribution is 2.39. The van der Waals surface area contributed by atoms with Gasteiger partial charge in [0, 0.05) is 59.8 Å². The summed E-state index contributed by atoms with van der Waals surface area (Å²) in [5.41, 5.74) is 5.67. The van der Waals surface area contributed by atoms with Crippen molar-refractivity contribution in [3.8, 4) is 5.75 Å². The smallest absolute Gasteiger partial charge is 0.252 e. The van der Waals surface area contributed by atoms with E-state index < -0.39 is 35.4 Å². The van der Waals surface area contributed by atoms with Crippen LogP contribution in [0.4, 0.5) is 0 Å². The summed E-state index contributed by atoms with van der Waals surface area (Å²) in [5.74, 6) is -0.304. The van der Waals surface area contributed by atoms with Gasteiger partial charge in [-0.3, -0.25) is 33.7 Å². The number of fused-ring (bicyclic) bond motifs is 1. The van der Waals surface area contributed by atoms with Crippen molar-refractivity contribution in [2.45, 2.75) is 114 Å². The average molecular weight is 852 g/mol. The van der Waals surface area contributed by atoms with E-state index in [1.54, 1.807) is 36.9 Å². The highest BCUT2D eigenvalue weighted by Gasteiger charge is 2.42. The molecule has 8 N–H and O–H groups in total. The highest BCUT2D eigenvalue weighted by atomic mass is 32.2. The fourth-order valence-corrected chi connectivity index (χ4v) is 8.71. The number of nitrogens with two attached hydrogens (primary N) is 1. The van der Waals surface area contributed by atoms with E-state index >= 15 is 0 Å². The minimum absolute atomic E-state index is 0.0242. The van der Waals surface area contributed by atoms with Gasteiger partial charge in [0.15, 0.2) is 0 Å². The first kappa shape index (κ1) is 48.0. The zero-order valence-corrected chi connectivity index (χ0v) is 36.4. The largest absolute Gasteiger partial charge is 0.493 e. The first-order valence-electron chi connectivity index (χ1n) is 21.1. The van der Waals surface area contributed by atoms with Gasteiger partial charge in [0.05, 0.1) is 37.9 Å². The van der Waals surface area contributed by atoms with Gasteiger partial charge in [-0.1, -0.05) is 43.5 Å². The van der Waals surface area contributed by atoms with E-state index in [4.69, 9.17) is 10.5 Å². The number of piperidine rings is 1. The number of nitrogens with one attached hydrogen (secondary N) is 5. The second-order valence-electron chi connectivity index (χ2n) is 16.9. The van der Waals surface area contributed by atoms with E-state index in [0.717, 1.165) is 30.7 Å². The number of amides is 6. The molecule has 0 bridgehead atoms. The summed E-state index contributed by atoms with van der Waals surface area (Å²) in [6, 6.07) is 14.0. The number of rotatable bonds is 22. The Morgan fingerprint density at radius 2 is 1.57 bits per heavy atom. The third-order valence-corrected chi connectivity index (χ3v) is 12.0. The maximum atomic E-state index is 14.0. The summed E-state index contributed by atoms with van der Waals surface area (Å²) in [7, 11) is 0. The maximum absolute atomic E-state index is 14.0. The lowest BCUT2D eigenvalue weighted by Crippen LogP contribution is -2.60. The van der Waals surface area contributed by atoms with Crippen LogP contribution in [0.3, 0.4) is 0 Å². The SMILES string of the molecule is Cc1c(OCCCC(=O)NCC(=O)NCC(=O)NCCCC(N)=O)cccc1C(=O)N[C@@H](CSc1ccccc1)[C@H](O)CN1C[C@H]2CCCC[C@H]2C[C@H]1C(=O)NC(C)(C)C. The predicted octanol–water partition coefficient (Wildman–Crippen LogP) is 2.82. The maximum Gasteiger partial charge on any atom is 0.252 e. The average Bonchev–Trinajstić information content (AvgIpc) is 3.20. The van der Waals surface area contributed by atoms with Gasteiger partial charge in [-0.25, -0.2) is 0 Å². The van der Waals surface area contributed by atoms with Crippen molar-refractivity contribution in [3.63, 3.8) is 0 Å². The summed E-state index contributed by atoms with van der Waals surface area (Å²) in [5, 5.41) is 25.7. The van der Waals surface area contributed by atoms with Crippen molar-refractivity contribution >= 4 is 47.2 Å². The summed E-state index contributed by atoms with van der Waals surface area (Å²) < 4.78 is 5.98. The Labute approximate surface area is 358 Å². The molecule has 4 rings (SSSR count). The number of thioether (sulfide) groups is 1. The Bertz CT molecular complexity index is 1760. The van der Waals surface area contributed by atoms with Crippen LogP contribution in [-0.4, -0.2) is 114 Å². The molecule has 5 atom stereocenters. The molecular weight excluding hydrogens is 787 g/mol. The third kappa shape index (κ3) is 16.4. The molecule has 6 amide bonds. The van der Waals surface area contributed by atoms with Crippen LogP contribution in [0.1, 0.15) is 94.5 Å². The lowest BCUT2D eigenvalue weighted by atomic mass is 9.72. The lowest BCUT2D eigenvalue weighted by Gasteiger charge is -2.47. The van der Waals surface area contributed by atoms with Crippen molar-refractivity contribution in [2.75, 3.05) is 45.1 Å². The fraction of sp³-hybridized carbons (Fsp3) is 0.591. The molecule has 1 saturated heterocycles. The molecule has 2 aromatic rings. The van der Waals surface area contributed by atoms with E-state index in [-0.39, 0.29) is 69.4 Å². The quantitative estimate of drug-likeness (QED) is 0.0679. The van der Waals surface area contributed by atoms with Gasteiger partial charge in [-0.2, -0.15) is 0 Å². The zero-order chi connectivity index (χ0) is 43.7. The molecule has 60 heavy (non-hydrogen) atoms. The van der Waals surface area contributed by atoms with Gasteiger partial charge in [-0.15, -0.1) is 11.8 Å². The monoisotopic (exact) mass is 851 g/mol. The fourth-order valence-electron chi connectivity index (χ4n) is 7.69. The van der Waals surface area contributed by atoms with Crippen molar-refractivity contribution in [3.05, 3.63) is 59.7 Å². The van der Waals surface area contributed by atoms with E-state index in [1.165, 1.54) is 12.8 Å². The standard InChI is InChI=1S/C44H65N7O8S/c1-29-33(17-10-18-37(29)59-22-12-20-39(54)47-25-41(56)48-24-40(55)46-21-11-19-38(45)53)42(57)49-34(28-60-32-15-6-5-7-16-32)36(52)27-51-26-31-14-9-8-13-30(31)23-35(51)43(58)50-44(2,3)4/h5-7,10,15-18,30-31,34-36,52H,8-9,11-14,19-28H2,1-4H3,(H2,45,53)(H,46,55)(H,47,54)(H,48,56)(H,49,57)(H,50,58)/t30-,31+,34-,35-,36+/m0/s1. The molecule has 2 aromatic carbocycles. The molecule has 1 aliphatic carbocycles. The van der Waals surface area contributed by atoms with E-state index in [0.29, 0.717) is 47.3 Å². The summed E-state index contributed by atoms with van der Waals surface area (Å²) in [4.78, 5) is 77.9. The summed E-state index contributed by atoms with van der Waals surface area (Å²) in [6.45, 7) is 8.56. The molecule has 1 aliphatic heterocycles.